The molecule has 8 nitrogen and oxygen atoms in total. The van der Waals surface area contributed by atoms with Crippen LogP contribution >= 0.6 is 0 Å². The van der Waals surface area contributed by atoms with Gasteiger partial charge in [0, 0.05) is 30.1 Å². The maximum atomic E-state index is 13.0. The lowest BCUT2D eigenvalue weighted by Crippen LogP contribution is -2.32. The number of carbonyl (C=O) groups is 3. The monoisotopic (exact) mass is 453 g/mol. The fraction of sp³-hybridized carbons (Fsp3) is 0.391. The molecule has 3 heterocycles. The van der Waals surface area contributed by atoms with Gasteiger partial charge in [-0.2, -0.15) is 0 Å². The van der Waals surface area contributed by atoms with E-state index in [1.54, 1.807) is 34.3 Å². The fourth-order valence-corrected chi connectivity index (χ4v) is 4.82. The number of aromatic nitrogens is 1. The number of carbonyl (C=O) groups excluding carboxylic acids is 3. The minimum absolute atomic E-state index is 0.0644. The van der Waals surface area contributed by atoms with Crippen LogP contribution in [0.3, 0.4) is 0 Å². The first-order valence-electron chi connectivity index (χ1n) is 10.6. The third-order valence-corrected chi connectivity index (χ3v) is 6.67. The third-order valence-electron chi connectivity index (χ3n) is 5.99. The number of nitrogens with zero attached hydrogens (tertiary/aromatic N) is 3. The maximum Gasteiger partial charge on any atom is 0.268 e. The summed E-state index contributed by atoms with van der Waals surface area (Å²) in [6.07, 6.45) is 4.77. The number of anilines is 1. The minimum atomic E-state index is -1.11. The Morgan fingerprint density at radius 3 is 2.72 bits per heavy atom. The molecule has 5 rings (SSSR count). The molecule has 1 unspecified atom stereocenters. The van der Waals surface area contributed by atoms with Crippen molar-refractivity contribution in [2.45, 2.75) is 31.9 Å². The van der Waals surface area contributed by atoms with E-state index in [1.807, 2.05) is 12.1 Å². The van der Waals surface area contributed by atoms with Crippen molar-refractivity contribution in [1.82, 2.24) is 9.88 Å². The van der Waals surface area contributed by atoms with E-state index in [4.69, 9.17) is 4.74 Å². The molecule has 2 atom stereocenters. The number of amides is 2. The summed E-state index contributed by atoms with van der Waals surface area (Å²) in [6, 6.07) is 8.74. The first kappa shape index (κ1) is 21.0. The van der Waals surface area contributed by atoms with Crippen molar-refractivity contribution in [2.24, 2.45) is 5.92 Å². The van der Waals surface area contributed by atoms with Crippen LogP contribution in [0.5, 0.6) is 5.75 Å². The number of rotatable bonds is 7. The molecule has 1 aromatic carbocycles. The molecule has 0 N–H and O–H groups in total. The molecule has 0 spiro atoms. The van der Waals surface area contributed by atoms with Gasteiger partial charge >= 0.3 is 0 Å². The Hall–Kier alpha value is -2.91. The normalized spacial score (nSPS) is 21.1. The Morgan fingerprint density at radius 2 is 2.03 bits per heavy atom. The van der Waals surface area contributed by atoms with Gasteiger partial charge in [-0.3, -0.25) is 19.3 Å². The van der Waals surface area contributed by atoms with E-state index < -0.39 is 17.3 Å². The average Bonchev–Trinajstić information content (AvgIpc) is 3.51. The van der Waals surface area contributed by atoms with Gasteiger partial charge < -0.3 is 14.2 Å². The van der Waals surface area contributed by atoms with Crippen LogP contribution in [0.1, 0.15) is 45.7 Å². The summed E-state index contributed by atoms with van der Waals surface area (Å²) in [6.45, 7) is 0.908. The Bertz CT molecular complexity index is 1080. The lowest BCUT2D eigenvalue weighted by atomic mass is 10.1. The SMILES string of the molecule is C[S+]([O-])CN1Cc2ccc(N3CC[C@@H](Oc4ccc(C(=O)C5CC5)nc4)C3=O)cc2C1=O. The zero-order chi connectivity index (χ0) is 22.4. The van der Waals surface area contributed by atoms with Crippen LogP contribution in [0, 0.1) is 5.92 Å². The van der Waals surface area contributed by atoms with E-state index in [-0.39, 0.29) is 29.4 Å². The van der Waals surface area contributed by atoms with Crippen molar-refractivity contribution >= 4 is 34.5 Å². The zero-order valence-corrected chi connectivity index (χ0v) is 18.5. The van der Waals surface area contributed by atoms with E-state index in [1.165, 1.54) is 6.20 Å². The largest absolute Gasteiger partial charge is 0.615 e. The molecule has 1 aliphatic carbocycles. The molecule has 0 bridgehead atoms. The molecular weight excluding hydrogens is 430 g/mol. The van der Waals surface area contributed by atoms with Crippen LogP contribution in [-0.4, -0.2) is 56.8 Å². The Morgan fingerprint density at radius 1 is 1.22 bits per heavy atom. The molecule has 1 aromatic heterocycles. The third kappa shape index (κ3) is 3.98. The molecule has 3 aliphatic rings. The van der Waals surface area contributed by atoms with E-state index in [0.717, 1.165) is 18.4 Å². The van der Waals surface area contributed by atoms with Crippen molar-refractivity contribution < 1.29 is 23.7 Å². The second-order valence-electron chi connectivity index (χ2n) is 8.45. The van der Waals surface area contributed by atoms with E-state index in [0.29, 0.717) is 42.2 Å². The summed E-state index contributed by atoms with van der Waals surface area (Å²) in [5, 5.41) is 0. The predicted molar refractivity (Wildman–Crippen MR) is 118 cm³/mol. The van der Waals surface area contributed by atoms with Crippen LogP contribution in [-0.2, 0) is 22.5 Å². The molecule has 2 amide bonds. The molecule has 2 aromatic rings. The summed E-state index contributed by atoms with van der Waals surface area (Å²) in [5.74, 6) is 0.470. The van der Waals surface area contributed by atoms with Gasteiger partial charge in [0.15, 0.2) is 17.8 Å². The Labute approximate surface area is 188 Å². The lowest BCUT2D eigenvalue weighted by molar-refractivity contribution is -0.122. The highest BCUT2D eigenvalue weighted by Gasteiger charge is 2.36. The molecule has 0 radical (unpaired) electrons. The van der Waals surface area contributed by atoms with Gasteiger partial charge in [0.2, 0.25) is 0 Å². The molecule has 2 fully saturated rings. The van der Waals surface area contributed by atoms with Gasteiger partial charge in [0.1, 0.15) is 11.4 Å². The minimum Gasteiger partial charge on any atom is -0.615 e. The average molecular weight is 454 g/mol. The van der Waals surface area contributed by atoms with Crippen LogP contribution in [0.4, 0.5) is 5.69 Å². The smallest absolute Gasteiger partial charge is 0.268 e. The molecule has 1 saturated carbocycles. The van der Waals surface area contributed by atoms with Gasteiger partial charge in [-0.1, -0.05) is 6.07 Å². The number of Topliss-reactive ketones (excluding diaryl/α,β-unsaturated/α-hetero) is 1. The number of benzene rings is 1. The Balaban J connectivity index is 1.26. The molecule has 166 valence electrons. The lowest BCUT2D eigenvalue weighted by Gasteiger charge is -2.18. The molecule has 32 heavy (non-hydrogen) atoms. The topological polar surface area (TPSA) is 103 Å². The van der Waals surface area contributed by atoms with Crippen LogP contribution < -0.4 is 9.64 Å². The highest BCUT2D eigenvalue weighted by Crippen LogP contribution is 2.33. The number of hydrogen-bond donors (Lipinski definition) is 0. The van der Waals surface area contributed by atoms with Gasteiger partial charge in [-0.15, -0.1) is 0 Å². The first-order chi connectivity index (χ1) is 15.4. The summed E-state index contributed by atoms with van der Waals surface area (Å²) >= 11 is -1.11. The second kappa shape index (κ2) is 8.22. The second-order valence-corrected chi connectivity index (χ2v) is 9.85. The van der Waals surface area contributed by atoms with Gasteiger partial charge in [-0.05, 0) is 53.8 Å². The molecule has 9 heteroatoms. The quantitative estimate of drug-likeness (QED) is 0.470. The van der Waals surface area contributed by atoms with Crippen LogP contribution in [0.25, 0.3) is 0 Å². The zero-order valence-electron chi connectivity index (χ0n) is 17.7. The van der Waals surface area contributed by atoms with Crippen LogP contribution in [0.15, 0.2) is 36.5 Å². The Kier molecular flexibility index (Phi) is 5.38. The highest BCUT2D eigenvalue weighted by atomic mass is 32.2. The van der Waals surface area contributed by atoms with Crippen molar-refractivity contribution in [3.8, 4) is 5.75 Å². The fourth-order valence-electron chi connectivity index (χ4n) is 4.17. The number of ether oxygens (including phenoxy) is 1. The van der Waals surface area contributed by atoms with E-state index in [9.17, 15) is 18.9 Å². The first-order valence-corrected chi connectivity index (χ1v) is 12.3. The number of ketones is 1. The van der Waals surface area contributed by atoms with Crippen LogP contribution in [0.2, 0.25) is 0 Å². The summed E-state index contributed by atoms with van der Waals surface area (Å²) < 4.78 is 17.4. The van der Waals surface area contributed by atoms with Gasteiger partial charge in [-0.25, -0.2) is 4.98 Å². The maximum absolute atomic E-state index is 13.0. The van der Waals surface area contributed by atoms with Crippen molar-refractivity contribution in [3.05, 3.63) is 53.3 Å². The van der Waals surface area contributed by atoms with Crippen molar-refractivity contribution in [2.75, 3.05) is 23.6 Å². The summed E-state index contributed by atoms with van der Waals surface area (Å²) in [7, 11) is 0. The number of pyridine rings is 1. The molecule has 2 aliphatic heterocycles. The van der Waals surface area contributed by atoms with Crippen molar-refractivity contribution in [1.29, 1.82) is 0 Å². The van der Waals surface area contributed by atoms with Gasteiger partial charge in [0.05, 0.1) is 19.0 Å². The number of fused-ring (bicyclic) bond motifs is 1. The van der Waals surface area contributed by atoms with E-state index in [2.05, 4.69) is 4.98 Å². The molecular formula is C23H23N3O5S. The number of hydrogen-bond acceptors (Lipinski definition) is 6. The summed E-state index contributed by atoms with van der Waals surface area (Å²) in [5.41, 5.74) is 2.50. The van der Waals surface area contributed by atoms with Crippen molar-refractivity contribution in [3.63, 3.8) is 0 Å². The van der Waals surface area contributed by atoms with E-state index >= 15 is 0 Å². The predicted octanol–water partition coefficient (Wildman–Crippen LogP) is 2.15. The summed E-state index contributed by atoms with van der Waals surface area (Å²) in [4.78, 5) is 45.1. The van der Waals surface area contributed by atoms with Gasteiger partial charge in [0.25, 0.3) is 11.8 Å². The standard InChI is InChI=1S/C23H23N3O5S/c1-32(30)13-25-12-15-4-5-16(10-18(15)22(25)28)26-9-8-20(23(26)29)31-17-6-7-19(24-11-17)21(27)14-2-3-14/h4-7,10-11,14,20H,2-3,8-9,12-13H2,1H3/t20-,32?/m1/s1. The highest BCUT2D eigenvalue weighted by molar-refractivity contribution is 7.90. The molecule has 1 saturated heterocycles.